The number of methoxy groups -OCH3 is 1. The number of carbonyl (C=O) groups excluding carboxylic acids is 1. The van der Waals surface area contributed by atoms with Crippen molar-refractivity contribution in [2.75, 3.05) is 7.11 Å². The van der Waals surface area contributed by atoms with Crippen LogP contribution >= 0.6 is 0 Å². The molecule has 0 fully saturated rings. The lowest BCUT2D eigenvalue weighted by atomic mass is 9.93. The number of ether oxygens (including phenoxy) is 2. The molecule has 0 aromatic heterocycles. The van der Waals surface area contributed by atoms with Crippen molar-refractivity contribution in [3.63, 3.8) is 0 Å². The molecule has 1 aromatic carbocycles. The van der Waals surface area contributed by atoms with E-state index >= 15 is 0 Å². The normalized spacial score (nSPS) is 19.9. The van der Waals surface area contributed by atoms with E-state index in [2.05, 4.69) is 17.7 Å². The van der Waals surface area contributed by atoms with Crippen molar-refractivity contribution in [1.82, 2.24) is 0 Å². The van der Waals surface area contributed by atoms with Crippen LogP contribution in [0.15, 0.2) is 18.2 Å². The van der Waals surface area contributed by atoms with Gasteiger partial charge in [0.2, 0.25) is 0 Å². The third-order valence-electron chi connectivity index (χ3n) is 3.75. The molecule has 20 heavy (non-hydrogen) atoms. The molecule has 110 valence electrons. The van der Waals surface area contributed by atoms with Crippen LogP contribution in [0, 0.1) is 5.92 Å². The lowest BCUT2D eigenvalue weighted by Gasteiger charge is -2.17. The second-order valence-corrected chi connectivity index (χ2v) is 5.73. The van der Waals surface area contributed by atoms with Gasteiger partial charge in [-0.05, 0) is 36.5 Å². The van der Waals surface area contributed by atoms with Crippen molar-refractivity contribution in [1.29, 1.82) is 0 Å². The first-order valence-electron chi connectivity index (χ1n) is 7.11. The fourth-order valence-electron chi connectivity index (χ4n) is 2.69. The average molecular weight is 277 g/mol. The molecule has 0 saturated heterocycles. The first-order valence-corrected chi connectivity index (χ1v) is 7.11. The van der Waals surface area contributed by atoms with E-state index in [0.29, 0.717) is 6.42 Å². The smallest absolute Gasteiger partial charge is 0.305 e. The van der Waals surface area contributed by atoms with Crippen molar-refractivity contribution in [2.45, 2.75) is 45.3 Å². The lowest BCUT2D eigenvalue weighted by Crippen LogP contribution is -2.16. The van der Waals surface area contributed by atoms with Crippen LogP contribution in [0.25, 0.3) is 0 Å². The van der Waals surface area contributed by atoms with Crippen molar-refractivity contribution >= 4 is 5.97 Å². The van der Waals surface area contributed by atoms with Gasteiger partial charge in [-0.25, -0.2) is 0 Å². The monoisotopic (exact) mass is 277 g/mol. The van der Waals surface area contributed by atoms with E-state index in [9.17, 15) is 4.79 Å². The number of carbonyl (C=O) groups is 1. The summed E-state index contributed by atoms with van der Waals surface area (Å²) in [6, 6.07) is 6.09. The van der Waals surface area contributed by atoms with E-state index in [1.807, 2.05) is 19.1 Å². The van der Waals surface area contributed by atoms with Gasteiger partial charge < -0.3 is 15.2 Å². The Hall–Kier alpha value is -1.55. The first-order chi connectivity index (χ1) is 9.49. The zero-order chi connectivity index (χ0) is 14.7. The lowest BCUT2D eigenvalue weighted by molar-refractivity contribution is -0.141. The first kappa shape index (κ1) is 14.9. The molecule has 0 aliphatic carbocycles. The Labute approximate surface area is 120 Å². The highest BCUT2D eigenvalue weighted by Crippen LogP contribution is 2.32. The van der Waals surface area contributed by atoms with E-state index in [1.165, 1.54) is 12.7 Å². The number of esters is 1. The molecule has 1 aliphatic heterocycles. The number of nitrogens with two attached hydrogens (primary N) is 1. The van der Waals surface area contributed by atoms with Crippen molar-refractivity contribution in [2.24, 2.45) is 11.7 Å². The van der Waals surface area contributed by atoms with E-state index in [-0.39, 0.29) is 24.0 Å². The zero-order valence-corrected chi connectivity index (χ0v) is 12.4. The Morgan fingerprint density at radius 3 is 3.00 bits per heavy atom. The Balaban J connectivity index is 1.98. The Morgan fingerprint density at radius 2 is 2.30 bits per heavy atom. The van der Waals surface area contributed by atoms with Crippen LogP contribution < -0.4 is 10.5 Å². The Bertz CT molecular complexity index is 487. The van der Waals surface area contributed by atoms with Gasteiger partial charge in [0, 0.05) is 18.9 Å². The summed E-state index contributed by atoms with van der Waals surface area (Å²) >= 11 is 0. The van der Waals surface area contributed by atoms with Gasteiger partial charge in [-0.3, -0.25) is 4.79 Å². The van der Waals surface area contributed by atoms with Gasteiger partial charge in [0.25, 0.3) is 0 Å². The van der Waals surface area contributed by atoms with Crippen molar-refractivity contribution in [3.8, 4) is 5.75 Å². The molecule has 1 heterocycles. The van der Waals surface area contributed by atoms with E-state index in [4.69, 9.17) is 10.5 Å². The van der Waals surface area contributed by atoms with E-state index in [1.54, 1.807) is 0 Å². The molecule has 0 bridgehead atoms. The van der Waals surface area contributed by atoms with Crippen molar-refractivity contribution in [3.05, 3.63) is 29.3 Å². The summed E-state index contributed by atoms with van der Waals surface area (Å²) in [7, 11) is 1.41. The minimum absolute atomic E-state index is 0.0594. The summed E-state index contributed by atoms with van der Waals surface area (Å²) in [5, 5.41) is 0. The molecule has 2 rings (SSSR count). The SMILES string of the molecule is COC(=O)CC(C)CC(N)c1ccc2c(c1)CC(C)O2. The molecule has 3 unspecified atom stereocenters. The standard InChI is InChI=1S/C16H23NO3/c1-10(7-16(18)19-3)6-14(17)12-4-5-15-13(9-12)8-11(2)20-15/h4-5,9-11,14H,6-8,17H2,1-3H3. The van der Waals surface area contributed by atoms with Gasteiger partial charge in [0.05, 0.1) is 7.11 Å². The molecule has 3 atom stereocenters. The fourth-order valence-corrected chi connectivity index (χ4v) is 2.69. The maximum absolute atomic E-state index is 11.3. The molecular formula is C16H23NO3. The van der Waals surface area contributed by atoms with Crippen LogP contribution in [0.3, 0.4) is 0 Å². The minimum Gasteiger partial charge on any atom is -0.490 e. The second-order valence-electron chi connectivity index (χ2n) is 5.73. The molecule has 0 saturated carbocycles. The molecule has 0 radical (unpaired) electrons. The number of rotatable bonds is 5. The van der Waals surface area contributed by atoms with Gasteiger partial charge in [-0.1, -0.05) is 19.1 Å². The largest absolute Gasteiger partial charge is 0.490 e. The highest BCUT2D eigenvalue weighted by atomic mass is 16.5. The molecule has 0 amide bonds. The summed E-state index contributed by atoms with van der Waals surface area (Å²) in [6.45, 7) is 4.09. The van der Waals surface area contributed by atoms with Gasteiger partial charge in [0.1, 0.15) is 11.9 Å². The predicted molar refractivity (Wildman–Crippen MR) is 77.6 cm³/mol. The summed E-state index contributed by atoms with van der Waals surface area (Å²) in [5.74, 6) is 0.998. The summed E-state index contributed by atoms with van der Waals surface area (Å²) in [5.41, 5.74) is 8.59. The number of hydrogen-bond acceptors (Lipinski definition) is 4. The van der Waals surface area contributed by atoms with Crippen LogP contribution in [-0.2, 0) is 16.0 Å². The minimum atomic E-state index is -0.180. The van der Waals surface area contributed by atoms with E-state index < -0.39 is 0 Å². The van der Waals surface area contributed by atoms with Crippen LogP contribution in [0.1, 0.15) is 43.9 Å². The maximum Gasteiger partial charge on any atom is 0.305 e. The predicted octanol–water partition coefficient (Wildman–Crippen LogP) is 2.60. The average Bonchev–Trinajstić information content (AvgIpc) is 2.77. The number of benzene rings is 1. The van der Waals surface area contributed by atoms with Gasteiger partial charge >= 0.3 is 5.97 Å². The van der Waals surface area contributed by atoms with Crippen LogP contribution in [0.2, 0.25) is 0 Å². The highest BCUT2D eigenvalue weighted by molar-refractivity contribution is 5.69. The highest BCUT2D eigenvalue weighted by Gasteiger charge is 2.21. The number of fused-ring (bicyclic) bond motifs is 1. The second kappa shape index (κ2) is 6.27. The Kier molecular flexibility index (Phi) is 4.65. The quantitative estimate of drug-likeness (QED) is 0.840. The fraction of sp³-hybridized carbons (Fsp3) is 0.562. The molecule has 1 aromatic rings. The summed E-state index contributed by atoms with van der Waals surface area (Å²) in [4.78, 5) is 11.3. The maximum atomic E-state index is 11.3. The third kappa shape index (κ3) is 3.51. The molecule has 4 nitrogen and oxygen atoms in total. The van der Waals surface area contributed by atoms with Gasteiger partial charge in [-0.15, -0.1) is 0 Å². The molecular weight excluding hydrogens is 254 g/mol. The van der Waals surface area contributed by atoms with Crippen LogP contribution in [-0.4, -0.2) is 19.2 Å². The third-order valence-corrected chi connectivity index (χ3v) is 3.75. The molecule has 1 aliphatic rings. The summed E-state index contributed by atoms with van der Waals surface area (Å²) in [6.07, 6.45) is 2.36. The zero-order valence-electron chi connectivity index (χ0n) is 12.4. The molecule has 4 heteroatoms. The van der Waals surface area contributed by atoms with Crippen LogP contribution in [0.5, 0.6) is 5.75 Å². The summed E-state index contributed by atoms with van der Waals surface area (Å²) < 4.78 is 10.4. The number of hydrogen-bond donors (Lipinski definition) is 1. The van der Waals surface area contributed by atoms with E-state index in [0.717, 1.165) is 24.2 Å². The van der Waals surface area contributed by atoms with Gasteiger partial charge in [-0.2, -0.15) is 0 Å². The molecule has 2 N–H and O–H groups in total. The van der Waals surface area contributed by atoms with Gasteiger partial charge in [0.15, 0.2) is 0 Å². The molecule has 0 spiro atoms. The topological polar surface area (TPSA) is 61.5 Å². The Morgan fingerprint density at radius 1 is 1.55 bits per heavy atom. The van der Waals surface area contributed by atoms with Crippen LogP contribution in [0.4, 0.5) is 0 Å². The van der Waals surface area contributed by atoms with Crippen molar-refractivity contribution < 1.29 is 14.3 Å².